The molecule has 0 saturated carbocycles. The number of benzene rings is 2. The summed E-state index contributed by atoms with van der Waals surface area (Å²) in [6.07, 6.45) is -0.604. The lowest BCUT2D eigenvalue weighted by atomic mass is 10.2. The molecule has 0 aliphatic carbocycles. The van der Waals surface area contributed by atoms with Crippen LogP contribution >= 0.6 is 0 Å². The molecule has 2 aromatic carbocycles. The molecule has 4 nitrogen and oxygen atoms in total. The van der Waals surface area contributed by atoms with Gasteiger partial charge in [0.15, 0.2) is 11.6 Å². The molecule has 0 heterocycles. The van der Waals surface area contributed by atoms with Crippen molar-refractivity contribution < 1.29 is 23.4 Å². The van der Waals surface area contributed by atoms with Gasteiger partial charge in [-0.2, -0.15) is 5.26 Å². The molecule has 0 radical (unpaired) electrons. The van der Waals surface area contributed by atoms with E-state index in [1.54, 1.807) is 24.3 Å². The van der Waals surface area contributed by atoms with E-state index < -0.39 is 17.7 Å². The SMILES string of the molecule is N#CCc1ccc(OCC(O)COc2ccc(F)c(F)c2)cc1. The topological polar surface area (TPSA) is 62.5 Å². The average Bonchev–Trinajstić information content (AvgIpc) is 2.55. The standard InChI is InChI=1S/C17H15F2NO3/c18-16-6-5-15(9-17(16)19)23-11-13(21)10-22-14-3-1-12(2-4-14)7-8-20/h1-6,9,13,21H,7,10-11H2. The maximum atomic E-state index is 13.0. The summed E-state index contributed by atoms with van der Waals surface area (Å²) in [4.78, 5) is 0. The molecular weight excluding hydrogens is 304 g/mol. The minimum atomic E-state index is -1.01. The van der Waals surface area contributed by atoms with Gasteiger partial charge >= 0.3 is 0 Å². The Morgan fingerprint density at radius 3 is 2.17 bits per heavy atom. The fourth-order valence-corrected chi connectivity index (χ4v) is 1.79. The second kappa shape index (κ2) is 8.11. The van der Waals surface area contributed by atoms with Crippen molar-refractivity contribution in [2.24, 2.45) is 0 Å². The Morgan fingerprint density at radius 2 is 1.57 bits per heavy atom. The minimum Gasteiger partial charge on any atom is -0.491 e. The molecule has 1 unspecified atom stereocenters. The molecule has 0 saturated heterocycles. The van der Waals surface area contributed by atoms with Crippen molar-refractivity contribution in [2.45, 2.75) is 12.5 Å². The summed E-state index contributed by atoms with van der Waals surface area (Å²) in [5.41, 5.74) is 0.877. The Labute approximate surface area is 132 Å². The molecule has 23 heavy (non-hydrogen) atoms. The number of halogens is 2. The zero-order chi connectivity index (χ0) is 16.7. The number of hydrogen-bond acceptors (Lipinski definition) is 4. The van der Waals surface area contributed by atoms with Gasteiger partial charge in [0.1, 0.15) is 30.8 Å². The molecule has 0 aliphatic rings. The molecular formula is C17H15F2NO3. The molecule has 0 aliphatic heterocycles. The van der Waals surface area contributed by atoms with E-state index in [4.69, 9.17) is 14.7 Å². The van der Waals surface area contributed by atoms with Crippen molar-refractivity contribution in [3.05, 3.63) is 59.7 Å². The Kier molecular flexibility index (Phi) is 5.89. The normalized spacial score (nSPS) is 11.6. The van der Waals surface area contributed by atoms with Gasteiger partial charge in [0.05, 0.1) is 12.5 Å². The van der Waals surface area contributed by atoms with Crippen molar-refractivity contribution in [1.29, 1.82) is 5.26 Å². The van der Waals surface area contributed by atoms with Crippen LogP contribution in [0.1, 0.15) is 5.56 Å². The van der Waals surface area contributed by atoms with Crippen molar-refractivity contribution >= 4 is 0 Å². The number of hydrogen-bond donors (Lipinski definition) is 1. The quantitative estimate of drug-likeness (QED) is 0.852. The van der Waals surface area contributed by atoms with Crippen molar-refractivity contribution in [2.75, 3.05) is 13.2 Å². The Balaban J connectivity index is 1.77. The van der Waals surface area contributed by atoms with Gasteiger partial charge in [-0.05, 0) is 29.8 Å². The second-order valence-electron chi connectivity index (χ2n) is 4.83. The maximum absolute atomic E-state index is 13.0. The third-order valence-electron chi connectivity index (χ3n) is 2.98. The van der Waals surface area contributed by atoms with Gasteiger partial charge in [-0.25, -0.2) is 8.78 Å². The van der Waals surface area contributed by atoms with Crippen LogP contribution in [0.4, 0.5) is 8.78 Å². The predicted molar refractivity (Wildman–Crippen MR) is 79.1 cm³/mol. The highest BCUT2D eigenvalue weighted by atomic mass is 19.2. The van der Waals surface area contributed by atoms with Crippen LogP contribution in [-0.2, 0) is 6.42 Å². The fourth-order valence-electron chi connectivity index (χ4n) is 1.79. The van der Waals surface area contributed by atoms with Crippen LogP contribution in [-0.4, -0.2) is 24.4 Å². The molecule has 2 rings (SSSR count). The van der Waals surface area contributed by atoms with Gasteiger partial charge in [-0.3, -0.25) is 0 Å². The molecule has 0 bridgehead atoms. The third kappa shape index (κ3) is 5.24. The van der Waals surface area contributed by atoms with Crippen molar-refractivity contribution in [1.82, 2.24) is 0 Å². The zero-order valence-corrected chi connectivity index (χ0v) is 12.2. The lowest BCUT2D eigenvalue weighted by molar-refractivity contribution is 0.0625. The fraction of sp³-hybridized carbons (Fsp3) is 0.235. The molecule has 1 N–H and O–H groups in total. The molecule has 0 fully saturated rings. The molecule has 0 spiro atoms. The smallest absolute Gasteiger partial charge is 0.162 e. The molecule has 0 aromatic heterocycles. The summed E-state index contributed by atoms with van der Waals surface area (Å²) in [7, 11) is 0. The highest BCUT2D eigenvalue weighted by Crippen LogP contribution is 2.16. The molecule has 120 valence electrons. The molecule has 1 atom stereocenters. The highest BCUT2D eigenvalue weighted by molar-refractivity contribution is 5.28. The minimum absolute atomic E-state index is 0.0126. The van der Waals surface area contributed by atoms with E-state index in [1.807, 2.05) is 6.07 Å². The van der Waals surface area contributed by atoms with Crippen LogP contribution < -0.4 is 9.47 Å². The van der Waals surface area contributed by atoms with E-state index in [9.17, 15) is 13.9 Å². The van der Waals surface area contributed by atoms with E-state index in [0.717, 1.165) is 17.7 Å². The van der Waals surface area contributed by atoms with Gasteiger partial charge in [0, 0.05) is 6.07 Å². The number of nitrogens with zero attached hydrogens (tertiary/aromatic N) is 1. The Bertz CT molecular complexity index is 683. The number of ether oxygens (including phenoxy) is 2. The summed E-state index contributed by atoms with van der Waals surface area (Å²) >= 11 is 0. The number of aliphatic hydroxyl groups excluding tert-OH is 1. The van der Waals surface area contributed by atoms with Gasteiger partial charge < -0.3 is 14.6 Å². The van der Waals surface area contributed by atoms with Gasteiger partial charge in [0.25, 0.3) is 0 Å². The summed E-state index contributed by atoms with van der Waals surface area (Å²) < 4.78 is 36.3. The first kappa shape index (κ1) is 16.7. The summed E-state index contributed by atoms with van der Waals surface area (Å²) in [5.74, 6) is -1.28. The highest BCUT2D eigenvalue weighted by Gasteiger charge is 2.09. The largest absolute Gasteiger partial charge is 0.491 e. The van der Waals surface area contributed by atoms with Crippen LogP contribution in [0.2, 0.25) is 0 Å². The molecule has 6 heteroatoms. The lowest BCUT2D eigenvalue weighted by Gasteiger charge is -2.14. The van der Waals surface area contributed by atoms with E-state index in [2.05, 4.69) is 0 Å². The van der Waals surface area contributed by atoms with Crippen LogP contribution in [0.25, 0.3) is 0 Å². The van der Waals surface area contributed by atoms with E-state index in [1.165, 1.54) is 6.07 Å². The first-order valence-corrected chi connectivity index (χ1v) is 6.93. The Morgan fingerprint density at radius 1 is 0.957 bits per heavy atom. The zero-order valence-electron chi connectivity index (χ0n) is 12.2. The van der Waals surface area contributed by atoms with Crippen molar-refractivity contribution in [3.63, 3.8) is 0 Å². The van der Waals surface area contributed by atoms with Crippen LogP contribution in [0.3, 0.4) is 0 Å². The summed E-state index contributed by atoms with van der Waals surface area (Å²) in [6, 6.07) is 12.1. The number of rotatable bonds is 7. The Hall–Kier alpha value is -2.65. The predicted octanol–water partition coefficient (Wildman–Crippen LogP) is 2.85. The summed E-state index contributed by atoms with van der Waals surface area (Å²) in [5, 5.41) is 18.4. The van der Waals surface area contributed by atoms with Crippen molar-refractivity contribution in [3.8, 4) is 17.6 Å². The van der Waals surface area contributed by atoms with Crippen LogP contribution in [0.15, 0.2) is 42.5 Å². The first-order valence-electron chi connectivity index (χ1n) is 6.93. The second-order valence-corrected chi connectivity index (χ2v) is 4.83. The first-order chi connectivity index (χ1) is 11.1. The third-order valence-corrected chi connectivity index (χ3v) is 2.98. The molecule has 2 aromatic rings. The lowest BCUT2D eigenvalue weighted by Crippen LogP contribution is -2.25. The molecule has 0 amide bonds. The van der Waals surface area contributed by atoms with Gasteiger partial charge in [0.2, 0.25) is 0 Å². The van der Waals surface area contributed by atoms with E-state index in [0.29, 0.717) is 12.2 Å². The number of nitriles is 1. The summed E-state index contributed by atoms with van der Waals surface area (Å²) in [6.45, 7) is -0.126. The van der Waals surface area contributed by atoms with E-state index in [-0.39, 0.29) is 19.0 Å². The van der Waals surface area contributed by atoms with Gasteiger partial charge in [-0.1, -0.05) is 12.1 Å². The van der Waals surface area contributed by atoms with Crippen LogP contribution in [0.5, 0.6) is 11.5 Å². The van der Waals surface area contributed by atoms with Crippen LogP contribution in [0, 0.1) is 23.0 Å². The monoisotopic (exact) mass is 319 g/mol. The number of aliphatic hydroxyl groups is 1. The maximum Gasteiger partial charge on any atom is 0.162 e. The average molecular weight is 319 g/mol. The van der Waals surface area contributed by atoms with E-state index >= 15 is 0 Å². The van der Waals surface area contributed by atoms with Gasteiger partial charge in [-0.15, -0.1) is 0 Å².